The molecule has 5 rings (SSSR count). The van der Waals surface area contributed by atoms with Gasteiger partial charge in [0.2, 0.25) is 11.8 Å². The van der Waals surface area contributed by atoms with Crippen LogP contribution in [0.3, 0.4) is 0 Å². The first-order valence-corrected chi connectivity index (χ1v) is 13.7. The molecule has 15 heteroatoms. The zero-order valence-corrected chi connectivity index (χ0v) is 22.8. The first-order chi connectivity index (χ1) is 19.8. The van der Waals surface area contributed by atoms with Crippen LogP contribution in [-0.4, -0.2) is 50.8 Å². The van der Waals surface area contributed by atoms with Crippen LogP contribution in [0.1, 0.15) is 96.4 Å². The highest BCUT2D eigenvalue weighted by Gasteiger charge is 2.42. The molecular weight excluding hydrogens is 567 g/mol. The fourth-order valence-corrected chi connectivity index (χ4v) is 5.67. The maximum atomic E-state index is 14.1. The number of ether oxygens (including phenoxy) is 1. The van der Waals surface area contributed by atoms with Gasteiger partial charge in [0.15, 0.2) is 11.4 Å². The predicted molar refractivity (Wildman–Crippen MR) is 136 cm³/mol. The second-order valence-electron chi connectivity index (χ2n) is 11.1. The molecule has 2 aliphatic rings. The molecule has 10 nitrogen and oxygen atoms in total. The van der Waals surface area contributed by atoms with Crippen molar-refractivity contribution < 1.29 is 40.8 Å². The number of hydrogen-bond donors (Lipinski definition) is 2. The first-order valence-electron chi connectivity index (χ1n) is 13.7. The minimum absolute atomic E-state index is 0.0141. The number of primary amides is 1. The first kappa shape index (κ1) is 29.9. The quantitative estimate of drug-likeness (QED) is 0.302. The largest absolute Gasteiger partial charge is 0.389 e. The Hall–Kier alpha value is -3.62. The van der Waals surface area contributed by atoms with Crippen molar-refractivity contribution in [3.05, 3.63) is 46.7 Å². The van der Waals surface area contributed by atoms with Crippen LogP contribution in [0.15, 0.2) is 23.0 Å². The van der Waals surface area contributed by atoms with Gasteiger partial charge in [0, 0.05) is 26.4 Å². The van der Waals surface area contributed by atoms with Gasteiger partial charge in [-0.15, -0.1) is 0 Å². The number of nitrogens with two attached hydrogens (primary N) is 1. The summed E-state index contributed by atoms with van der Waals surface area (Å²) in [6.07, 6.45) is -2.02. The van der Waals surface area contributed by atoms with Crippen molar-refractivity contribution >= 4 is 17.5 Å². The van der Waals surface area contributed by atoms with E-state index in [2.05, 4.69) is 15.6 Å². The van der Waals surface area contributed by atoms with Crippen molar-refractivity contribution in [1.82, 2.24) is 25.1 Å². The molecule has 0 radical (unpaired) electrons. The maximum Gasteiger partial charge on any atom is 0.389 e. The van der Waals surface area contributed by atoms with E-state index in [1.165, 1.54) is 17.8 Å². The van der Waals surface area contributed by atoms with E-state index < -0.39 is 48.7 Å². The van der Waals surface area contributed by atoms with Crippen LogP contribution in [-0.2, 0) is 16.1 Å². The molecule has 3 N–H and O–H groups in total. The van der Waals surface area contributed by atoms with Crippen molar-refractivity contribution in [3.63, 3.8) is 0 Å². The number of halogens is 5. The zero-order chi connectivity index (χ0) is 30.2. The Labute approximate surface area is 237 Å². The van der Waals surface area contributed by atoms with Gasteiger partial charge in [-0.1, -0.05) is 5.16 Å². The average molecular weight is 599 g/mol. The number of aromatic nitrogens is 4. The van der Waals surface area contributed by atoms with E-state index in [0.29, 0.717) is 16.9 Å². The molecule has 2 amide bonds. The molecule has 3 aromatic heterocycles. The van der Waals surface area contributed by atoms with Gasteiger partial charge >= 0.3 is 6.18 Å². The Kier molecular flexibility index (Phi) is 8.23. The third-order valence-electron chi connectivity index (χ3n) is 7.92. The second kappa shape index (κ2) is 11.6. The van der Waals surface area contributed by atoms with E-state index >= 15 is 0 Å². The third-order valence-corrected chi connectivity index (χ3v) is 7.92. The van der Waals surface area contributed by atoms with Gasteiger partial charge in [-0.2, -0.15) is 18.3 Å². The normalized spacial score (nSPS) is 19.1. The number of carbonyl (C=O) groups is 2. The van der Waals surface area contributed by atoms with E-state index in [-0.39, 0.29) is 61.1 Å². The van der Waals surface area contributed by atoms with Gasteiger partial charge in [-0.05, 0) is 49.1 Å². The summed E-state index contributed by atoms with van der Waals surface area (Å²) in [5.74, 6) is -5.26. The van der Waals surface area contributed by atoms with Gasteiger partial charge in [0.05, 0.1) is 43.1 Å². The standard InChI is InChI=1S/C27H31F5N6O4/c1-41-13-18-22(25(33)40)24(42-37-18)21(14-4-7-26(28,29)8-5-14)17-12-38-19(35-17)10-16(11-34-38)23(15-2-3-15)36-20(39)6-9-27(30,31)32/h10-12,14-15,21,23H,2-9,13H2,1H3,(H2,33,40)(H,36,39)/t21-,23+/m0/s1. The number of rotatable bonds is 11. The van der Waals surface area contributed by atoms with Gasteiger partial charge in [-0.25, -0.2) is 18.3 Å². The van der Waals surface area contributed by atoms with Gasteiger partial charge in [0.1, 0.15) is 11.3 Å². The van der Waals surface area contributed by atoms with Crippen LogP contribution in [0.5, 0.6) is 0 Å². The number of carbonyl (C=O) groups excluding carboxylic acids is 2. The summed E-state index contributed by atoms with van der Waals surface area (Å²) in [6.45, 7) is -0.0510. The monoisotopic (exact) mass is 598 g/mol. The Morgan fingerprint density at radius 3 is 2.55 bits per heavy atom. The molecule has 3 aromatic rings. The fraction of sp³-hybridized carbons (Fsp3) is 0.593. The lowest BCUT2D eigenvalue weighted by Gasteiger charge is -2.32. The summed E-state index contributed by atoms with van der Waals surface area (Å²) >= 11 is 0. The van der Waals surface area contributed by atoms with E-state index in [9.17, 15) is 31.5 Å². The molecule has 2 fully saturated rings. The molecule has 2 atom stereocenters. The van der Waals surface area contributed by atoms with Crippen molar-refractivity contribution in [2.45, 2.75) is 82.0 Å². The van der Waals surface area contributed by atoms with E-state index in [0.717, 1.165) is 12.8 Å². The molecule has 228 valence electrons. The Bertz CT molecular complexity index is 1440. The number of amides is 2. The van der Waals surface area contributed by atoms with E-state index in [1.807, 2.05) is 0 Å². The number of fused-ring (bicyclic) bond motifs is 1. The Morgan fingerprint density at radius 2 is 1.93 bits per heavy atom. The number of nitrogens with one attached hydrogen (secondary N) is 1. The summed E-state index contributed by atoms with van der Waals surface area (Å²) < 4.78 is 78.2. The molecule has 2 aliphatic carbocycles. The lowest BCUT2D eigenvalue weighted by molar-refractivity contribution is -0.144. The number of imidazole rings is 1. The number of hydrogen-bond acceptors (Lipinski definition) is 7. The average Bonchev–Trinajstić information content (AvgIpc) is 3.54. The molecule has 0 spiro atoms. The van der Waals surface area contributed by atoms with Crippen LogP contribution >= 0.6 is 0 Å². The van der Waals surface area contributed by atoms with Gasteiger partial charge < -0.3 is 20.3 Å². The Balaban J connectivity index is 1.48. The summed E-state index contributed by atoms with van der Waals surface area (Å²) in [7, 11) is 1.42. The SMILES string of the molecule is COCc1noc([C@H](c2cn3ncc([C@H](NC(=O)CCC(F)(F)F)C4CC4)cc3n2)C2CCC(F)(F)CC2)c1C(N)=O. The van der Waals surface area contributed by atoms with E-state index in [4.69, 9.17) is 20.0 Å². The number of alkyl halides is 5. The molecule has 0 aliphatic heterocycles. The highest BCUT2D eigenvalue weighted by Crippen LogP contribution is 2.46. The lowest BCUT2D eigenvalue weighted by atomic mass is 9.75. The summed E-state index contributed by atoms with van der Waals surface area (Å²) in [5.41, 5.74) is 7.21. The fourth-order valence-electron chi connectivity index (χ4n) is 5.67. The van der Waals surface area contributed by atoms with Crippen LogP contribution < -0.4 is 11.1 Å². The highest BCUT2D eigenvalue weighted by atomic mass is 19.4. The minimum Gasteiger partial charge on any atom is -0.378 e. The van der Waals surface area contributed by atoms with Crippen LogP contribution in [0, 0.1) is 11.8 Å². The molecule has 0 bridgehead atoms. The molecule has 42 heavy (non-hydrogen) atoms. The van der Waals surface area contributed by atoms with Gasteiger partial charge in [0.25, 0.3) is 5.91 Å². The van der Waals surface area contributed by atoms with Crippen molar-refractivity contribution in [1.29, 1.82) is 0 Å². The van der Waals surface area contributed by atoms with E-state index in [1.54, 1.807) is 12.3 Å². The third kappa shape index (κ3) is 6.71. The second-order valence-corrected chi connectivity index (χ2v) is 11.1. The Morgan fingerprint density at radius 1 is 1.21 bits per heavy atom. The van der Waals surface area contributed by atoms with Crippen LogP contribution in [0.2, 0.25) is 0 Å². The molecular formula is C27H31F5N6O4. The molecule has 2 saturated carbocycles. The summed E-state index contributed by atoms with van der Waals surface area (Å²) in [6, 6.07) is 1.15. The van der Waals surface area contributed by atoms with Crippen LogP contribution in [0.25, 0.3) is 5.65 Å². The molecule has 0 unspecified atom stereocenters. The zero-order valence-electron chi connectivity index (χ0n) is 22.8. The van der Waals surface area contributed by atoms with Crippen molar-refractivity contribution in [2.75, 3.05) is 7.11 Å². The summed E-state index contributed by atoms with van der Waals surface area (Å²) in [4.78, 5) is 29.5. The lowest BCUT2D eigenvalue weighted by Crippen LogP contribution is -2.30. The molecule has 3 heterocycles. The smallest absolute Gasteiger partial charge is 0.378 e. The number of methoxy groups -OCH3 is 1. The topological polar surface area (TPSA) is 138 Å². The van der Waals surface area contributed by atoms with Crippen molar-refractivity contribution in [3.8, 4) is 0 Å². The van der Waals surface area contributed by atoms with Crippen LogP contribution in [0.4, 0.5) is 22.0 Å². The van der Waals surface area contributed by atoms with Gasteiger partial charge in [-0.3, -0.25) is 9.59 Å². The number of nitrogens with zero attached hydrogens (tertiary/aromatic N) is 4. The minimum atomic E-state index is -4.44. The highest BCUT2D eigenvalue weighted by molar-refractivity contribution is 5.95. The maximum absolute atomic E-state index is 14.1. The molecule has 0 aromatic carbocycles. The van der Waals surface area contributed by atoms with Crippen molar-refractivity contribution in [2.24, 2.45) is 17.6 Å². The predicted octanol–water partition coefficient (Wildman–Crippen LogP) is 4.83. The summed E-state index contributed by atoms with van der Waals surface area (Å²) in [5, 5.41) is 11.1. The molecule has 0 saturated heterocycles.